The number of carboxylic acid groups (broad SMARTS) is 1. The summed E-state index contributed by atoms with van der Waals surface area (Å²) in [5.41, 5.74) is 7.43. The molecule has 0 spiro atoms. The van der Waals surface area contributed by atoms with Crippen molar-refractivity contribution < 1.29 is 14.3 Å². The van der Waals surface area contributed by atoms with Crippen molar-refractivity contribution in [1.29, 1.82) is 0 Å². The van der Waals surface area contributed by atoms with Crippen molar-refractivity contribution in [2.45, 2.75) is 18.7 Å². The highest BCUT2D eigenvalue weighted by atomic mass is 32.2. The topological polar surface area (TPSA) is 102 Å². The molecule has 0 amide bonds. The minimum absolute atomic E-state index is 0.303. The van der Waals surface area contributed by atoms with E-state index in [1.54, 1.807) is 0 Å². The molecular formula is C13H15N3O3S. The lowest BCUT2D eigenvalue weighted by Crippen LogP contribution is -2.32. The summed E-state index contributed by atoms with van der Waals surface area (Å²) >= 11 is 1.35. The summed E-state index contributed by atoms with van der Waals surface area (Å²) in [5, 5.41) is 16.6. The number of hydrogen-bond acceptors (Lipinski definition) is 6. The minimum Gasteiger partial charge on any atom is -0.480 e. The van der Waals surface area contributed by atoms with Crippen molar-refractivity contribution >= 4 is 17.7 Å². The first-order chi connectivity index (χ1) is 9.56. The molecule has 1 atom stereocenters. The summed E-state index contributed by atoms with van der Waals surface area (Å²) in [4.78, 5) is 10.6. The molecule has 0 unspecified atom stereocenters. The van der Waals surface area contributed by atoms with E-state index in [0.717, 1.165) is 11.1 Å². The summed E-state index contributed by atoms with van der Waals surface area (Å²) in [7, 11) is 0. The summed E-state index contributed by atoms with van der Waals surface area (Å²) in [6.07, 6.45) is 0. The number of hydrogen-bond donors (Lipinski definition) is 2. The smallest absolute Gasteiger partial charge is 0.321 e. The highest BCUT2D eigenvalue weighted by Gasteiger charge is 2.13. The Morgan fingerprint density at radius 1 is 1.40 bits per heavy atom. The number of rotatable bonds is 6. The van der Waals surface area contributed by atoms with Crippen LogP contribution in [0.15, 0.2) is 28.7 Å². The molecule has 0 saturated carbocycles. The van der Waals surface area contributed by atoms with E-state index in [1.165, 1.54) is 11.8 Å². The first-order valence-corrected chi connectivity index (χ1v) is 7.17. The van der Waals surface area contributed by atoms with Crippen LogP contribution in [0.4, 0.5) is 0 Å². The number of aliphatic carboxylic acids is 1. The van der Waals surface area contributed by atoms with E-state index in [9.17, 15) is 4.79 Å². The Hall–Kier alpha value is -1.86. The van der Waals surface area contributed by atoms with Crippen molar-refractivity contribution in [2.75, 3.05) is 5.75 Å². The van der Waals surface area contributed by atoms with Gasteiger partial charge < -0.3 is 15.3 Å². The van der Waals surface area contributed by atoms with Gasteiger partial charge in [-0.1, -0.05) is 17.7 Å². The third-order valence-electron chi connectivity index (χ3n) is 2.61. The first-order valence-electron chi connectivity index (χ1n) is 6.02. The summed E-state index contributed by atoms with van der Waals surface area (Å²) in [5.74, 6) is 0.659. The van der Waals surface area contributed by atoms with Crippen molar-refractivity contribution in [3.05, 3.63) is 35.7 Å². The summed E-state index contributed by atoms with van der Waals surface area (Å²) < 4.78 is 5.52. The summed E-state index contributed by atoms with van der Waals surface area (Å²) in [6, 6.07) is 6.90. The minimum atomic E-state index is -1.01. The number of aryl methyl sites for hydroxylation is 1. The molecule has 0 radical (unpaired) electrons. The van der Waals surface area contributed by atoms with Gasteiger partial charge in [-0.15, -0.1) is 22.0 Å². The maximum Gasteiger partial charge on any atom is 0.321 e. The van der Waals surface area contributed by atoms with Crippen LogP contribution in [-0.4, -0.2) is 33.1 Å². The molecular weight excluding hydrogens is 278 g/mol. The second-order valence-electron chi connectivity index (χ2n) is 4.33. The SMILES string of the molecule is Cc1ccc(-c2nnc(CSC[C@H](N)C(=O)O)o2)cc1. The predicted molar refractivity (Wildman–Crippen MR) is 76.2 cm³/mol. The van der Waals surface area contributed by atoms with Crippen LogP contribution in [0.2, 0.25) is 0 Å². The molecule has 106 valence electrons. The van der Waals surface area contributed by atoms with Crippen LogP contribution in [0, 0.1) is 6.92 Å². The van der Waals surface area contributed by atoms with Gasteiger partial charge in [0.2, 0.25) is 11.8 Å². The number of aromatic nitrogens is 2. The van der Waals surface area contributed by atoms with Crippen LogP contribution >= 0.6 is 11.8 Å². The molecule has 2 aromatic rings. The fraction of sp³-hybridized carbons (Fsp3) is 0.308. The quantitative estimate of drug-likeness (QED) is 0.835. The molecule has 1 heterocycles. The number of nitrogens with zero attached hydrogens (tertiary/aromatic N) is 2. The van der Waals surface area contributed by atoms with Crippen molar-refractivity contribution in [1.82, 2.24) is 10.2 Å². The van der Waals surface area contributed by atoms with Gasteiger partial charge in [0.1, 0.15) is 6.04 Å². The maximum atomic E-state index is 10.6. The molecule has 3 N–H and O–H groups in total. The third kappa shape index (κ3) is 3.82. The van der Waals surface area contributed by atoms with Gasteiger partial charge in [-0.25, -0.2) is 0 Å². The molecule has 6 nitrogen and oxygen atoms in total. The van der Waals surface area contributed by atoms with Crippen LogP contribution in [0.1, 0.15) is 11.5 Å². The van der Waals surface area contributed by atoms with Gasteiger partial charge in [0.25, 0.3) is 0 Å². The zero-order valence-electron chi connectivity index (χ0n) is 10.9. The Balaban J connectivity index is 1.92. The Bertz CT molecular complexity index is 583. The standard InChI is InChI=1S/C13H15N3O3S/c1-8-2-4-9(5-3-8)12-16-15-11(19-12)7-20-6-10(14)13(17)18/h2-5,10H,6-7,14H2,1H3,(H,17,18)/t10-/m0/s1. The Kier molecular flexibility index (Phi) is 4.75. The molecule has 0 aliphatic heterocycles. The molecule has 1 aromatic heterocycles. The molecule has 0 bridgehead atoms. The van der Waals surface area contributed by atoms with E-state index in [0.29, 0.717) is 23.3 Å². The Labute approximate surface area is 120 Å². The van der Waals surface area contributed by atoms with E-state index >= 15 is 0 Å². The van der Waals surface area contributed by atoms with Crippen molar-refractivity contribution in [3.8, 4) is 11.5 Å². The third-order valence-corrected chi connectivity index (χ3v) is 3.65. The van der Waals surface area contributed by atoms with E-state index in [-0.39, 0.29) is 0 Å². The second kappa shape index (κ2) is 6.53. The Morgan fingerprint density at radius 2 is 2.10 bits per heavy atom. The molecule has 2 rings (SSSR count). The molecule has 0 saturated heterocycles. The van der Waals surface area contributed by atoms with Gasteiger partial charge in [0, 0.05) is 11.3 Å². The van der Waals surface area contributed by atoms with Gasteiger partial charge >= 0.3 is 5.97 Å². The van der Waals surface area contributed by atoms with E-state index < -0.39 is 12.0 Å². The average Bonchev–Trinajstić information content (AvgIpc) is 2.88. The second-order valence-corrected chi connectivity index (χ2v) is 5.36. The zero-order chi connectivity index (χ0) is 14.5. The predicted octanol–water partition coefficient (Wildman–Crippen LogP) is 1.69. The highest BCUT2D eigenvalue weighted by molar-refractivity contribution is 7.98. The molecule has 7 heteroatoms. The molecule has 0 fully saturated rings. The van der Waals surface area contributed by atoms with Gasteiger partial charge in [-0.2, -0.15) is 0 Å². The van der Waals surface area contributed by atoms with E-state index in [4.69, 9.17) is 15.3 Å². The van der Waals surface area contributed by atoms with Gasteiger partial charge in [-0.3, -0.25) is 4.79 Å². The average molecular weight is 293 g/mol. The van der Waals surface area contributed by atoms with Crippen molar-refractivity contribution in [3.63, 3.8) is 0 Å². The number of carboxylic acids is 1. The van der Waals surface area contributed by atoms with Gasteiger partial charge in [0.15, 0.2) is 0 Å². The maximum absolute atomic E-state index is 10.6. The first kappa shape index (κ1) is 14.5. The lowest BCUT2D eigenvalue weighted by atomic mass is 10.1. The number of carbonyl (C=O) groups is 1. The lowest BCUT2D eigenvalue weighted by Gasteiger charge is -2.03. The van der Waals surface area contributed by atoms with Crippen LogP contribution in [-0.2, 0) is 10.5 Å². The van der Waals surface area contributed by atoms with Crippen LogP contribution < -0.4 is 5.73 Å². The zero-order valence-corrected chi connectivity index (χ0v) is 11.8. The van der Waals surface area contributed by atoms with E-state index in [1.807, 2.05) is 31.2 Å². The van der Waals surface area contributed by atoms with E-state index in [2.05, 4.69) is 10.2 Å². The number of thioether (sulfide) groups is 1. The fourth-order valence-corrected chi connectivity index (χ4v) is 2.27. The van der Waals surface area contributed by atoms with Gasteiger partial charge in [0.05, 0.1) is 5.75 Å². The lowest BCUT2D eigenvalue weighted by molar-refractivity contribution is -0.137. The molecule has 0 aliphatic carbocycles. The summed E-state index contributed by atoms with van der Waals surface area (Å²) in [6.45, 7) is 2.01. The van der Waals surface area contributed by atoms with Gasteiger partial charge in [-0.05, 0) is 19.1 Å². The fourth-order valence-electron chi connectivity index (χ4n) is 1.47. The number of nitrogens with two attached hydrogens (primary N) is 1. The largest absolute Gasteiger partial charge is 0.480 e. The number of benzene rings is 1. The normalized spacial score (nSPS) is 12.3. The van der Waals surface area contributed by atoms with Crippen LogP contribution in [0.25, 0.3) is 11.5 Å². The monoisotopic (exact) mass is 293 g/mol. The molecule has 1 aromatic carbocycles. The molecule has 20 heavy (non-hydrogen) atoms. The highest BCUT2D eigenvalue weighted by Crippen LogP contribution is 2.20. The molecule has 0 aliphatic rings. The van der Waals surface area contributed by atoms with Crippen LogP contribution in [0.5, 0.6) is 0 Å². The van der Waals surface area contributed by atoms with Crippen LogP contribution in [0.3, 0.4) is 0 Å². The van der Waals surface area contributed by atoms with Crippen molar-refractivity contribution in [2.24, 2.45) is 5.73 Å². The Morgan fingerprint density at radius 3 is 2.75 bits per heavy atom.